The maximum Gasteiger partial charge on any atom is 0.341 e. The zero-order valence-electron chi connectivity index (χ0n) is 16.3. The van der Waals surface area contributed by atoms with Gasteiger partial charge in [0.05, 0.1) is 4.91 Å². The molecule has 1 saturated heterocycles. The van der Waals surface area contributed by atoms with Crippen LogP contribution in [-0.4, -0.2) is 46.2 Å². The molecule has 3 rings (SSSR count). The molecule has 1 fully saturated rings. The molecule has 2 aromatic rings. The maximum absolute atomic E-state index is 12.7. The van der Waals surface area contributed by atoms with E-state index in [-0.39, 0.29) is 10.7 Å². The number of anilines is 1. The fourth-order valence-corrected chi connectivity index (χ4v) is 3.96. The average molecular weight is 505 g/mol. The minimum atomic E-state index is -1.14. The zero-order chi connectivity index (χ0) is 22.5. The smallest absolute Gasteiger partial charge is 0.341 e. The summed E-state index contributed by atoms with van der Waals surface area (Å²) in [5.74, 6) is -2.01. The van der Waals surface area contributed by atoms with E-state index in [2.05, 4.69) is 21.2 Å². The Morgan fingerprint density at radius 1 is 1.23 bits per heavy atom. The molecule has 0 saturated carbocycles. The molecule has 8 nitrogen and oxygen atoms in total. The van der Waals surface area contributed by atoms with Gasteiger partial charge in [0, 0.05) is 15.7 Å². The first-order valence-electron chi connectivity index (χ1n) is 8.99. The van der Waals surface area contributed by atoms with Crippen molar-refractivity contribution in [3.63, 3.8) is 0 Å². The van der Waals surface area contributed by atoms with Crippen molar-refractivity contribution in [1.82, 2.24) is 4.90 Å². The minimum Gasteiger partial charge on any atom is -0.481 e. The lowest BCUT2D eigenvalue weighted by atomic mass is 10.2. The van der Waals surface area contributed by atoms with E-state index in [0.717, 1.165) is 10.5 Å². The molecule has 31 heavy (non-hydrogen) atoms. The number of nitrogens with one attached hydrogen (secondary N) is 1. The lowest BCUT2D eigenvalue weighted by Crippen LogP contribution is -2.36. The second kappa shape index (κ2) is 9.80. The van der Waals surface area contributed by atoms with E-state index in [0.29, 0.717) is 27.5 Å². The Labute approximate surface area is 190 Å². The molecular formula is C21H17BrN2O6S. The van der Waals surface area contributed by atoms with Gasteiger partial charge in [0.25, 0.3) is 11.1 Å². The van der Waals surface area contributed by atoms with E-state index in [1.54, 1.807) is 36.4 Å². The van der Waals surface area contributed by atoms with E-state index in [9.17, 15) is 19.2 Å². The molecule has 3 amide bonds. The van der Waals surface area contributed by atoms with Gasteiger partial charge in [-0.05, 0) is 60.7 Å². The molecule has 1 aliphatic rings. The van der Waals surface area contributed by atoms with Gasteiger partial charge < -0.3 is 15.2 Å². The molecule has 0 aromatic heterocycles. The summed E-state index contributed by atoms with van der Waals surface area (Å²) in [4.78, 5) is 49.1. The predicted octanol–water partition coefficient (Wildman–Crippen LogP) is 3.90. The summed E-state index contributed by atoms with van der Waals surface area (Å²) in [6.45, 7) is 0.910. The van der Waals surface area contributed by atoms with Crippen molar-refractivity contribution in [2.75, 3.05) is 18.5 Å². The van der Waals surface area contributed by atoms with Gasteiger partial charge in [-0.15, -0.1) is 0 Å². The Balaban J connectivity index is 1.75. The number of nitrogens with zero attached hydrogens (tertiary/aromatic N) is 1. The fraction of sp³-hybridized carbons (Fsp3) is 0.143. The topological polar surface area (TPSA) is 113 Å². The molecule has 2 aromatic carbocycles. The summed E-state index contributed by atoms with van der Waals surface area (Å²) in [5.41, 5.74) is 1.95. The van der Waals surface area contributed by atoms with Crippen LogP contribution >= 0.6 is 27.7 Å². The second-order valence-corrected chi connectivity index (χ2v) is 8.46. The van der Waals surface area contributed by atoms with Crippen molar-refractivity contribution in [2.24, 2.45) is 0 Å². The first kappa shape index (κ1) is 22.6. The van der Waals surface area contributed by atoms with Crippen LogP contribution in [-0.2, 0) is 14.4 Å². The van der Waals surface area contributed by atoms with Gasteiger partial charge in [-0.25, -0.2) is 4.79 Å². The molecule has 0 bridgehead atoms. The van der Waals surface area contributed by atoms with Gasteiger partial charge in [-0.1, -0.05) is 28.1 Å². The monoisotopic (exact) mass is 504 g/mol. The van der Waals surface area contributed by atoms with Crippen LogP contribution in [0.1, 0.15) is 11.1 Å². The van der Waals surface area contributed by atoms with Crippen LogP contribution in [0.4, 0.5) is 10.5 Å². The van der Waals surface area contributed by atoms with Crippen molar-refractivity contribution in [1.29, 1.82) is 0 Å². The molecule has 2 N–H and O–H groups in total. The van der Waals surface area contributed by atoms with Crippen molar-refractivity contribution < 1.29 is 29.0 Å². The summed E-state index contributed by atoms with van der Waals surface area (Å²) >= 11 is 4.01. The van der Waals surface area contributed by atoms with E-state index in [1.165, 1.54) is 6.08 Å². The molecule has 0 radical (unpaired) electrons. The van der Waals surface area contributed by atoms with Crippen LogP contribution in [0, 0.1) is 6.92 Å². The third kappa shape index (κ3) is 5.96. The second-order valence-electron chi connectivity index (χ2n) is 6.55. The number of carbonyl (C=O) groups is 4. The third-order valence-corrected chi connectivity index (χ3v) is 5.49. The molecule has 1 heterocycles. The summed E-state index contributed by atoms with van der Waals surface area (Å²) in [6.07, 6.45) is 1.44. The van der Waals surface area contributed by atoms with Crippen LogP contribution in [0.3, 0.4) is 0 Å². The Bertz CT molecular complexity index is 1100. The number of hydrogen-bond acceptors (Lipinski definition) is 6. The number of carboxylic acids is 1. The van der Waals surface area contributed by atoms with Crippen molar-refractivity contribution >= 4 is 62.5 Å². The number of imide groups is 1. The normalized spacial score (nSPS) is 14.8. The number of amides is 3. The first-order valence-corrected chi connectivity index (χ1v) is 10.6. The molecule has 0 unspecified atom stereocenters. The largest absolute Gasteiger partial charge is 0.481 e. The number of aryl methyl sites for hydroxylation is 1. The van der Waals surface area contributed by atoms with E-state index < -0.39 is 36.2 Å². The van der Waals surface area contributed by atoms with Gasteiger partial charge in [0.15, 0.2) is 6.61 Å². The summed E-state index contributed by atoms with van der Waals surface area (Å²) in [5, 5.41) is 10.9. The Morgan fingerprint density at radius 2 is 2.00 bits per heavy atom. The Hall–Kier alpha value is -3.11. The van der Waals surface area contributed by atoms with Crippen molar-refractivity contribution in [3.05, 3.63) is 63.0 Å². The number of thioether (sulfide) groups is 1. The maximum atomic E-state index is 12.7. The summed E-state index contributed by atoms with van der Waals surface area (Å²) < 4.78 is 5.92. The van der Waals surface area contributed by atoms with Gasteiger partial charge in [0.2, 0.25) is 5.91 Å². The number of halogens is 1. The quantitative estimate of drug-likeness (QED) is 0.549. The van der Waals surface area contributed by atoms with Crippen LogP contribution in [0.5, 0.6) is 5.75 Å². The number of carbonyl (C=O) groups excluding carboxylic acids is 3. The van der Waals surface area contributed by atoms with E-state index in [4.69, 9.17) is 9.84 Å². The number of rotatable bonds is 7. The Kier molecular flexibility index (Phi) is 7.13. The van der Waals surface area contributed by atoms with Crippen LogP contribution in [0.25, 0.3) is 6.08 Å². The zero-order valence-corrected chi connectivity index (χ0v) is 18.7. The highest BCUT2D eigenvalue weighted by Crippen LogP contribution is 2.34. The highest BCUT2D eigenvalue weighted by molar-refractivity contribution is 9.10. The van der Waals surface area contributed by atoms with Crippen LogP contribution < -0.4 is 10.1 Å². The molecular weight excluding hydrogens is 488 g/mol. The highest BCUT2D eigenvalue weighted by atomic mass is 79.9. The number of aliphatic carboxylic acids is 1. The predicted molar refractivity (Wildman–Crippen MR) is 120 cm³/mol. The molecule has 0 atom stereocenters. The number of benzene rings is 2. The Morgan fingerprint density at radius 3 is 2.71 bits per heavy atom. The average Bonchev–Trinajstić information content (AvgIpc) is 2.94. The first-order chi connectivity index (χ1) is 14.7. The minimum absolute atomic E-state index is 0.103. The molecule has 10 heteroatoms. The number of hydrogen-bond donors (Lipinski definition) is 2. The standard InChI is InChI=1S/C21H17BrN2O6S/c1-12-3-2-4-15(7-12)23-18(25)10-24-20(28)17(31-21(24)29)9-13-8-14(22)5-6-16(13)30-11-19(26)27/h2-9H,10-11H2,1H3,(H,23,25)(H,26,27)/b17-9+. The SMILES string of the molecule is Cc1cccc(NC(=O)CN2C(=O)S/C(=C/c3cc(Br)ccc3OCC(=O)O)C2=O)c1. The molecule has 0 aliphatic carbocycles. The molecule has 1 aliphatic heterocycles. The third-order valence-electron chi connectivity index (χ3n) is 4.09. The van der Waals surface area contributed by atoms with Gasteiger partial charge >= 0.3 is 5.97 Å². The van der Waals surface area contributed by atoms with Gasteiger partial charge in [0.1, 0.15) is 12.3 Å². The summed E-state index contributed by atoms with van der Waals surface area (Å²) in [6, 6.07) is 12.0. The van der Waals surface area contributed by atoms with E-state index >= 15 is 0 Å². The van der Waals surface area contributed by atoms with Gasteiger partial charge in [-0.3, -0.25) is 19.3 Å². The van der Waals surface area contributed by atoms with Crippen molar-refractivity contribution in [3.8, 4) is 5.75 Å². The number of ether oxygens (including phenoxy) is 1. The molecule has 0 spiro atoms. The van der Waals surface area contributed by atoms with Crippen molar-refractivity contribution in [2.45, 2.75) is 6.92 Å². The van der Waals surface area contributed by atoms with Crippen LogP contribution in [0.15, 0.2) is 51.8 Å². The molecule has 160 valence electrons. The fourth-order valence-electron chi connectivity index (χ4n) is 2.75. The lowest BCUT2D eigenvalue weighted by Gasteiger charge is -2.12. The highest BCUT2D eigenvalue weighted by Gasteiger charge is 2.36. The number of carboxylic acid groups (broad SMARTS) is 1. The van der Waals surface area contributed by atoms with E-state index in [1.807, 2.05) is 13.0 Å². The summed E-state index contributed by atoms with van der Waals surface area (Å²) in [7, 11) is 0. The van der Waals surface area contributed by atoms with Gasteiger partial charge in [-0.2, -0.15) is 0 Å². The lowest BCUT2D eigenvalue weighted by molar-refractivity contribution is -0.139. The van der Waals surface area contributed by atoms with Crippen LogP contribution in [0.2, 0.25) is 0 Å².